The second-order valence-corrected chi connectivity index (χ2v) is 4.60. The second kappa shape index (κ2) is 6.33. The third-order valence-electron chi connectivity index (χ3n) is 3.25. The van der Waals surface area contributed by atoms with Crippen LogP contribution < -0.4 is 10.2 Å². The van der Waals surface area contributed by atoms with Crippen LogP contribution in [0.2, 0.25) is 0 Å². The van der Waals surface area contributed by atoms with Crippen molar-refractivity contribution in [1.82, 2.24) is 0 Å². The Kier molecular flexibility index (Phi) is 4.48. The van der Waals surface area contributed by atoms with E-state index in [1.807, 2.05) is 6.08 Å². The molecule has 1 heterocycles. The fraction of sp³-hybridized carbons (Fsp3) is 0.467. The Morgan fingerprint density at radius 2 is 1.88 bits per heavy atom. The van der Waals surface area contributed by atoms with Gasteiger partial charge < -0.3 is 10.2 Å². The van der Waals surface area contributed by atoms with Gasteiger partial charge in [0.25, 0.3) is 0 Å². The molecule has 1 aliphatic heterocycles. The van der Waals surface area contributed by atoms with Gasteiger partial charge in [0.1, 0.15) is 0 Å². The van der Waals surface area contributed by atoms with Crippen LogP contribution >= 0.6 is 0 Å². The van der Waals surface area contributed by atoms with E-state index in [4.69, 9.17) is 0 Å². The van der Waals surface area contributed by atoms with Crippen LogP contribution in [-0.2, 0) is 0 Å². The third kappa shape index (κ3) is 3.52. The lowest BCUT2D eigenvalue weighted by molar-refractivity contribution is 0.891. The number of anilines is 2. The zero-order valence-corrected chi connectivity index (χ0v) is 10.5. The van der Waals surface area contributed by atoms with Crippen molar-refractivity contribution in [3.8, 4) is 0 Å². The highest BCUT2D eigenvalue weighted by Gasteiger charge is 2.11. The molecule has 0 bridgehead atoms. The van der Waals surface area contributed by atoms with Crippen molar-refractivity contribution in [2.75, 3.05) is 29.9 Å². The highest BCUT2D eigenvalue weighted by atomic mass is 15.1. The zero-order valence-electron chi connectivity index (χ0n) is 10.5. The molecular weight excluding hydrogens is 208 g/mol. The maximum Gasteiger partial charge on any atom is 0.0367 e. The number of nitrogens with zero attached hydrogens (tertiary/aromatic N) is 1. The van der Waals surface area contributed by atoms with Gasteiger partial charge in [-0.3, -0.25) is 0 Å². The summed E-state index contributed by atoms with van der Waals surface area (Å²) in [6.07, 6.45) is 6.87. The van der Waals surface area contributed by atoms with Crippen LogP contribution in [0.4, 0.5) is 11.4 Å². The van der Waals surface area contributed by atoms with Gasteiger partial charge >= 0.3 is 0 Å². The maximum atomic E-state index is 3.73. The number of hydrogen-bond donors (Lipinski definition) is 1. The van der Waals surface area contributed by atoms with E-state index in [9.17, 15) is 0 Å². The summed E-state index contributed by atoms with van der Waals surface area (Å²) in [6, 6.07) is 8.81. The minimum atomic E-state index is 1.02. The molecule has 0 amide bonds. The van der Waals surface area contributed by atoms with Crippen LogP contribution in [0, 0.1) is 0 Å². The van der Waals surface area contributed by atoms with E-state index in [0.29, 0.717) is 0 Å². The van der Waals surface area contributed by atoms with Crippen LogP contribution in [0.15, 0.2) is 36.9 Å². The average Bonchev–Trinajstić information content (AvgIpc) is 2.89. The lowest BCUT2D eigenvalue weighted by Crippen LogP contribution is -2.17. The number of hydrogen-bond acceptors (Lipinski definition) is 2. The smallest absolute Gasteiger partial charge is 0.0367 e. The quantitative estimate of drug-likeness (QED) is 0.592. The molecule has 0 radical (unpaired) electrons. The Morgan fingerprint density at radius 3 is 2.53 bits per heavy atom. The van der Waals surface area contributed by atoms with Crippen LogP contribution in [0.25, 0.3) is 0 Å². The minimum absolute atomic E-state index is 1.02. The zero-order chi connectivity index (χ0) is 11.9. The largest absolute Gasteiger partial charge is 0.385 e. The second-order valence-electron chi connectivity index (χ2n) is 4.60. The van der Waals surface area contributed by atoms with Crippen molar-refractivity contribution >= 4 is 11.4 Å². The van der Waals surface area contributed by atoms with E-state index in [-0.39, 0.29) is 0 Å². The molecule has 92 valence electrons. The van der Waals surface area contributed by atoms with Gasteiger partial charge in [0, 0.05) is 31.0 Å². The van der Waals surface area contributed by atoms with E-state index in [0.717, 1.165) is 19.4 Å². The molecular formula is C15H22N2. The fourth-order valence-corrected chi connectivity index (χ4v) is 2.24. The van der Waals surface area contributed by atoms with E-state index in [1.165, 1.54) is 37.3 Å². The Morgan fingerprint density at radius 1 is 1.18 bits per heavy atom. The van der Waals surface area contributed by atoms with Gasteiger partial charge in [-0.1, -0.05) is 6.08 Å². The predicted octanol–water partition coefficient (Wildman–Crippen LogP) is 3.66. The molecule has 17 heavy (non-hydrogen) atoms. The molecule has 0 aromatic heterocycles. The molecule has 1 aromatic carbocycles. The van der Waals surface area contributed by atoms with Gasteiger partial charge in [-0.15, -0.1) is 6.58 Å². The van der Waals surface area contributed by atoms with Gasteiger partial charge in [-0.2, -0.15) is 0 Å². The summed E-state index contributed by atoms with van der Waals surface area (Å²) in [5, 5.41) is 3.43. The molecule has 1 saturated heterocycles. The summed E-state index contributed by atoms with van der Waals surface area (Å²) in [6.45, 7) is 7.18. The van der Waals surface area contributed by atoms with Crippen molar-refractivity contribution in [2.24, 2.45) is 0 Å². The summed E-state index contributed by atoms with van der Waals surface area (Å²) in [5.41, 5.74) is 2.58. The van der Waals surface area contributed by atoms with Crippen LogP contribution in [0.3, 0.4) is 0 Å². The van der Waals surface area contributed by atoms with Crippen LogP contribution in [0.1, 0.15) is 25.7 Å². The third-order valence-corrected chi connectivity index (χ3v) is 3.25. The Balaban J connectivity index is 1.82. The monoisotopic (exact) mass is 230 g/mol. The molecule has 1 aliphatic rings. The SMILES string of the molecule is C=CCCCNc1ccc(N2CCCC2)cc1. The Bertz CT molecular complexity index is 336. The molecule has 2 rings (SSSR count). The van der Waals surface area contributed by atoms with Crippen LogP contribution in [-0.4, -0.2) is 19.6 Å². The highest BCUT2D eigenvalue weighted by Crippen LogP contribution is 2.21. The van der Waals surface area contributed by atoms with Gasteiger partial charge in [0.15, 0.2) is 0 Å². The topological polar surface area (TPSA) is 15.3 Å². The van der Waals surface area contributed by atoms with E-state index < -0.39 is 0 Å². The van der Waals surface area contributed by atoms with Crippen molar-refractivity contribution in [1.29, 1.82) is 0 Å². The van der Waals surface area contributed by atoms with Crippen molar-refractivity contribution in [3.05, 3.63) is 36.9 Å². The molecule has 2 nitrogen and oxygen atoms in total. The first kappa shape index (κ1) is 12.0. The summed E-state index contributed by atoms with van der Waals surface area (Å²) in [5.74, 6) is 0. The number of allylic oxidation sites excluding steroid dienone is 1. The Hall–Kier alpha value is -1.44. The summed E-state index contributed by atoms with van der Waals surface area (Å²) in [4.78, 5) is 2.46. The normalized spacial score (nSPS) is 14.9. The van der Waals surface area contributed by atoms with Gasteiger partial charge in [0.05, 0.1) is 0 Å². The van der Waals surface area contributed by atoms with Crippen LogP contribution in [0.5, 0.6) is 0 Å². The lowest BCUT2D eigenvalue weighted by atomic mass is 10.2. The maximum absolute atomic E-state index is 3.73. The Labute approximate surface area is 104 Å². The molecule has 2 heteroatoms. The minimum Gasteiger partial charge on any atom is -0.385 e. The standard InChI is InChI=1S/C15H22N2/c1-2-3-4-11-16-14-7-9-15(10-8-14)17-12-5-6-13-17/h2,7-10,16H,1,3-6,11-13H2. The molecule has 1 N–H and O–H groups in total. The van der Waals surface area contributed by atoms with Gasteiger partial charge in [0.2, 0.25) is 0 Å². The predicted molar refractivity (Wildman–Crippen MR) is 75.8 cm³/mol. The van der Waals surface area contributed by atoms with Gasteiger partial charge in [-0.05, 0) is 49.9 Å². The first-order valence-electron chi connectivity index (χ1n) is 6.60. The summed E-state index contributed by atoms with van der Waals surface area (Å²) >= 11 is 0. The molecule has 1 aromatic rings. The molecule has 1 fully saturated rings. The fourth-order valence-electron chi connectivity index (χ4n) is 2.24. The molecule has 0 saturated carbocycles. The summed E-state index contributed by atoms with van der Waals surface area (Å²) < 4.78 is 0. The average molecular weight is 230 g/mol. The van der Waals surface area contributed by atoms with Crippen molar-refractivity contribution < 1.29 is 0 Å². The first-order chi connectivity index (χ1) is 8.40. The number of unbranched alkanes of at least 4 members (excludes halogenated alkanes) is 1. The number of rotatable bonds is 6. The summed E-state index contributed by atoms with van der Waals surface area (Å²) in [7, 11) is 0. The molecule has 0 spiro atoms. The van der Waals surface area contributed by atoms with Crippen molar-refractivity contribution in [3.63, 3.8) is 0 Å². The van der Waals surface area contributed by atoms with E-state index in [2.05, 4.69) is 41.1 Å². The molecule has 0 atom stereocenters. The van der Waals surface area contributed by atoms with Crippen molar-refractivity contribution in [2.45, 2.75) is 25.7 Å². The van der Waals surface area contributed by atoms with E-state index >= 15 is 0 Å². The number of benzene rings is 1. The highest BCUT2D eigenvalue weighted by molar-refractivity contribution is 5.55. The number of nitrogens with one attached hydrogen (secondary N) is 1. The molecule has 0 aliphatic carbocycles. The van der Waals surface area contributed by atoms with Gasteiger partial charge in [-0.25, -0.2) is 0 Å². The first-order valence-corrected chi connectivity index (χ1v) is 6.60. The lowest BCUT2D eigenvalue weighted by Gasteiger charge is -2.17. The molecule has 0 unspecified atom stereocenters. The van der Waals surface area contributed by atoms with E-state index in [1.54, 1.807) is 0 Å².